The molecule has 0 radical (unpaired) electrons. The molecular weight excluding hydrogens is 291 g/mol. The van der Waals surface area contributed by atoms with Crippen molar-refractivity contribution in [3.05, 3.63) is 58.6 Å². The molecule has 1 aromatic carbocycles. The number of rotatable bonds is 6. The monoisotopic (exact) mass is 308 g/mol. The molecule has 0 amide bonds. The summed E-state index contributed by atoms with van der Waals surface area (Å²) in [6, 6.07) is 6.30. The van der Waals surface area contributed by atoms with E-state index >= 15 is 0 Å². The second kappa shape index (κ2) is 7.38. The summed E-state index contributed by atoms with van der Waals surface area (Å²) in [7, 11) is 1.61. The molecule has 0 aliphatic carbocycles. The molecule has 1 aromatic heterocycles. The van der Waals surface area contributed by atoms with Crippen LogP contribution in [0.5, 0.6) is 5.75 Å². The van der Waals surface area contributed by atoms with Gasteiger partial charge in [-0.05, 0) is 42.8 Å². The fourth-order valence-electron chi connectivity index (χ4n) is 2.31. The van der Waals surface area contributed by atoms with Crippen LogP contribution in [-0.4, -0.2) is 18.6 Å². The first-order valence-electron chi connectivity index (χ1n) is 6.81. The predicted octanol–water partition coefficient (Wildman–Crippen LogP) is 3.78. The summed E-state index contributed by atoms with van der Waals surface area (Å²) in [5, 5.41) is 3.94. The van der Waals surface area contributed by atoms with E-state index in [4.69, 9.17) is 16.3 Å². The van der Waals surface area contributed by atoms with E-state index in [-0.39, 0.29) is 11.9 Å². The molecule has 112 valence electrons. The summed E-state index contributed by atoms with van der Waals surface area (Å²) in [5.41, 5.74) is 1.75. The van der Waals surface area contributed by atoms with Crippen LogP contribution in [0.25, 0.3) is 0 Å². The Bertz CT molecular complexity index is 607. The van der Waals surface area contributed by atoms with Crippen LogP contribution in [0.1, 0.15) is 24.1 Å². The molecule has 0 saturated heterocycles. The Hall–Kier alpha value is -1.65. The Morgan fingerprint density at radius 1 is 1.38 bits per heavy atom. The summed E-state index contributed by atoms with van der Waals surface area (Å²) >= 11 is 6.16. The summed E-state index contributed by atoms with van der Waals surface area (Å²) < 4.78 is 18.8. The van der Waals surface area contributed by atoms with Gasteiger partial charge in [0.1, 0.15) is 11.6 Å². The van der Waals surface area contributed by atoms with Crippen molar-refractivity contribution in [2.24, 2.45) is 0 Å². The first kappa shape index (κ1) is 15.7. The topological polar surface area (TPSA) is 34.2 Å². The number of hydrogen-bond acceptors (Lipinski definition) is 3. The smallest absolute Gasteiger partial charge is 0.141 e. The Morgan fingerprint density at radius 3 is 2.90 bits per heavy atom. The van der Waals surface area contributed by atoms with Crippen LogP contribution in [0.4, 0.5) is 4.39 Å². The number of methoxy groups -OCH3 is 1. The maximum absolute atomic E-state index is 13.4. The van der Waals surface area contributed by atoms with Crippen LogP contribution in [0.3, 0.4) is 0 Å². The lowest BCUT2D eigenvalue weighted by Gasteiger charge is -2.21. The SMILES string of the molecule is CCNC(Cc1cc(F)ccc1Cl)c1ccncc1OC. The van der Waals surface area contributed by atoms with Crippen molar-refractivity contribution in [3.8, 4) is 5.75 Å². The van der Waals surface area contributed by atoms with Gasteiger partial charge in [-0.15, -0.1) is 0 Å². The van der Waals surface area contributed by atoms with Crippen LogP contribution in [0, 0.1) is 5.82 Å². The van der Waals surface area contributed by atoms with E-state index in [0.29, 0.717) is 17.2 Å². The third-order valence-corrected chi connectivity index (χ3v) is 3.66. The van der Waals surface area contributed by atoms with Gasteiger partial charge in [0, 0.05) is 22.8 Å². The van der Waals surface area contributed by atoms with Crippen molar-refractivity contribution in [2.45, 2.75) is 19.4 Å². The van der Waals surface area contributed by atoms with Gasteiger partial charge >= 0.3 is 0 Å². The highest BCUT2D eigenvalue weighted by Gasteiger charge is 2.17. The number of nitrogens with one attached hydrogen (secondary N) is 1. The molecule has 2 aromatic rings. The molecule has 0 aliphatic rings. The number of ether oxygens (including phenoxy) is 1. The van der Waals surface area contributed by atoms with E-state index < -0.39 is 0 Å². The molecule has 0 saturated carbocycles. The Labute approximate surface area is 129 Å². The summed E-state index contributed by atoms with van der Waals surface area (Å²) in [5.74, 6) is 0.419. The predicted molar refractivity (Wildman–Crippen MR) is 82.3 cm³/mol. The van der Waals surface area contributed by atoms with Crippen LogP contribution in [-0.2, 0) is 6.42 Å². The van der Waals surface area contributed by atoms with Crippen LogP contribution in [0.15, 0.2) is 36.7 Å². The van der Waals surface area contributed by atoms with Crippen molar-refractivity contribution in [2.75, 3.05) is 13.7 Å². The second-order valence-electron chi connectivity index (χ2n) is 4.67. The minimum atomic E-state index is -0.286. The van der Waals surface area contributed by atoms with E-state index in [1.807, 2.05) is 13.0 Å². The maximum atomic E-state index is 13.4. The zero-order valence-electron chi connectivity index (χ0n) is 12.1. The lowest BCUT2D eigenvalue weighted by Crippen LogP contribution is -2.23. The highest BCUT2D eigenvalue weighted by atomic mass is 35.5. The zero-order valence-corrected chi connectivity index (χ0v) is 12.8. The van der Waals surface area contributed by atoms with Gasteiger partial charge in [-0.25, -0.2) is 4.39 Å². The minimum absolute atomic E-state index is 0.0211. The molecule has 0 aliphatic heterocycles. The minimum Gasteiger partial charge on any atom is -0.495 e. The fraction of sp³-hybridized carbons (Fsp3) is 0.312. The molecule has 1 atom stereocenters. The van der Waals surface area contributed by atoms with E-state index in [1.54, 1.807) is 25.6 Å². The zero-order chi connectivity index (χ0) is 15.2. The highest BCUT2D eigenvalue weighted by molar-refractivity contribution is 6.31. The molecule has 0 bridgehead atoms. The van der Waals surface area contributed by atoms with Gasteiger partial charge in [0.15, 0.2) is 0 Å². The van der Waals surface area contributed by atoms with Gasteiger partial charge < -0.3 is 10.1 Å². The Morgan fingerprint density at radius 2 is 2.19 bits per heavy atom. The first-order chi connectivity index (χ1) is 10.2. The lowest BCUT2D eigenvalue weighted by molar-refractivity contribution is 0.397. The molecule has 1 N–H and O–H groups in total. The van der Waals surface area contributed by atoms with Gasteiger partial charge in [0.2, 0.25) is 0 Å². The molecule has 5 heteroatoms. The number of nitrogens with zero attached hydrogens (tertiary/aromatic N) is 1. The van der Waals surface area contributed by atoms with Crippen LogP contribution < -0.4 is 10.1 Å². The molecule has 1 unspecified atom stereocenters. The quantitative estimate of drug-likeness (QED) is 0.882. The Balaban J connectivity index is 2.33. The van der Waals surface area contributed by atoms with Gasteiger partial charge in [0.25, 0.3) is 0 Å². The summed E-state index contributed by atoms with van der Waals surface area (Å²) in [6.07, 6.45) is 3.97. The number of likely N-dealkylation sites (N-methyl/N-ethyl adjacent to an activating group) is 1. The first-order valence-corrected chi connectivity index (χ1v) is 7.18. The van der Waals surface area contributed by atoms with Crippen molar-refractivity contribution in [1.82, 2.24) is 10.3 Å². The molecule has 21 heavy (non-hydrogen) atoms. The number of hydrogen-bond donors (Lipinski definition) is 1. The van der Waals surface area contributed by atoms with Crippen LogP contribution in [0.2, 0.25) is 5.02 Å². The molecule has 2 rings (SSSR count). The van der Waals surface area contributed by atoms with Gasteiger partial charge in [-0.2, -0.15) is 0 Å². The van der Waals surface area contributed by atoms with Gasteiger partial charge in [-0.1, -0.05) is 18.5 Å². The van der Waals surface area contributed by atoms with Crippen molar-refractivity contribution >= 4 is 11.6 Å². The highest BCUT2D eigenvalue weighted by Crippen LogP contribution is 2.29. The fourth-order valence-corrected chi connectivity index (χ4v) is 2.50. The molecular formula is C16H18ClFN2O. The average Bonchev–Trinajstić information content (AvgIpc) is 2.50. The Kier molecular flexibility index (Phi) is 5.53. The lowest BCUT2D eigenvalue weighted by atomic mass is 9.98. The van der Waals surface area contributed by atoms with Crippen molar-refractivity contribution in [1.29, 1.82) is 0 Å². The largest absolute Gasteiger partial charge is 0.495 e. The average molecular weight is 309 g/mol. The van der Waals surface area contributed by atoms with Crippen molar-refractivity contribution in [3.63, 3.8) is 0 Å². The second-order valence-corrected chi connectivity index (χ2v) is 5.07. The van der Waals surface area contributed by atoms with Gasteiger partial charge in [-0.3, -0.25) is 4.98 Å². The molecule has 0 spiro atoms. The third kappa shape index (κ3) is 3.93. The van der Waals surface area contributed by atoms with E-state index in [0.717, 1.165) is 17.7 Å². The molecule has 3 nitrogen and oxygen atoms in total. The normalized spacial score (nSPS) is 12.2. The number of halogens is 2. The van der Waals surface area contributed by atoms with Crippen molar-refractivity contribution < 1.29 is 9.13 Å². The van der Waals surface area contributed by atoms with E-state index in [2.05, 4.69) is 10.3 Å². The number of pyridine rings is 1. The summed E-state index contributed by atoms with van der Waals surface area (Å²) in [4.78, 5) is 4.06. The maximum Gasteiger partial charge on any atom is 0.141 e. The molecule has 1 heterocycles. The molecule has 0 fully saturated rings. The number of aromatic nitrogens is 1. The number of benzene rings is 1. The third-order valence-electron chi connectivity index (χ3n) is 3.29. The van der Waals surface area contributed by atoms with E-state index in [9.17, 15) is 4.39 Å². The van der Waals surface area contributed by atoms with Crippen LogP contribution >= 0.6 is 11.6 Å². The van der Waals surface area contributed by atoms with E-state index in [1.165, 1.54) is 12.1 Å². The summed E-state index contributed by atoms with van der Waals surface area (Å²) in [6.45, 7) is 2.80. The van der Waals surface area contributed by atoms with Gasteiger partial charge in [0.05, 0.1) is 13.3 Å². The standard InChI is InChI=1S/C16H18ClFN2O/c1-3-20-15(13-6-7-19-10-16(13)21-2)9-11-8-12(18)4-5-14(11)17/h4-8,10,15,20H,3,9H2,1-2H3.